The highest BCUT2D eigenvalue weighted by molar-refractivity contribution is 6.33. The first-order valence-electron chi connectivity index (χ1n) is 22.2. The number of amides is 1. The molecule has 0 aliphatic carbocycles. The zero-order valence-corrected chi connectivity index (χ0v) is 37.0. The van der Waals surface area contributed by atoms with Gasteiger partial charge in [0.15, 0.2) is 11.8 Å². The molecular weight excluding hydrogens is 834 g/mol. The number of nitrogens with zero attached hydrogens (tertiary/aromatic N) is 5. The van der Waals surface area contributed by atoms with Crippen LogP contribution in [-0.4, -0.2) is 110 Å². The molecule has 6 aromatic rings. The predicted octanol–water partition coefficient (Wildman–Crippen LogP) is 7.62. The number of aromatic amines is 1. The van der Waals surface area contributed by atoms with E-state index < -0.39 is 18.3 Å². The second-order valence-electron chi connectivity index (χ2n) is 17.2. The van der Waals surface area contributed by atoms with Gasteiger partial charge in [0.1, 0.15) is 30.7 Å². The van der Waals surface area contributed by atoms with Gasteiger partial charge in [-0.25, -0.2) is 4.98 Å². The van der Waals surface area contributed by atoms with Gasteiger partial charge in [0, 0.05) is 54.0 Å². The van der Waals surface area contributed by atoms with E-state index in [1.165, 1.54) is 11.1 Å². The highest BCUT2D eigenvalue weighted by Crippen LogP contribution is 2.35. The van der Waals surface area contributed by atoms with E-state index in [1.54, 1.807) is 23.8 Å². The number of imidazole rings is 1. The van der Waals surface area contributed by atoms with E-state index in [0.29, 0.717) is 59.4 Å². The molecule has 3 aliphatic rings. The Kier molecular flexibility index (Phi) is 13.1. The zero-order chi connectivity index (χ0) is 44.3. The molecule has 14 nitrogen and oxygen atoms in total. The minimum Gasteiger partial charge on any atom is -0.492 e. The summed E-state index contributed by atoms with van der Waals surface area (Å²) in [7, 11) is 0. The van der Waals surface area contributed by atoms with Gasteiger partial charge < -0.3 is 34.4 Å². The van der Waals surface area contributed by atoms with Gasteiger partial charge in [-0.3, -0.25) is 24.0 Å². The van der Waals surface area contributed by atoms with Crippen LogP contribution in [0.15, 0.2) is 79.3 Å². The zero-order valence-electron chi connectivity index (χ0n) is 36.3. The van der Waals surface area contributed by atoms with Crippen molar-refractivity contribution in [2.24, 2.45) is 0 Å². The number of nitrogens with one attached hydrogen (secondary N) is 2. The van der Waals surface area contributed by atoms with Crippen molar-refractivity contribution in [2.45, 2.75) is 89.8 Å². The molecule has 15 heteroatoms. The lowest BCUT2D eigenvalue weighted by molar-refractivity contribution is -0.121. The number of ether oxygens (including phenoxy) is 4. The van der Waals surface area contributed by atoms with Crippen LogP contribution < -0.4 is 14.8 Å². The van der Waals surface area contributed by atoms with Gasteiger partial charge in [0.2, 0.25) is 5.91 Å². The number of pyridine rings is 2. The highest BCUT2D eigenvalue weighted by Gasteiger charge is 2.48. The molecule has 0 saturated carbocycles. The van der Waals surface area contributed by atoms with E-state index in [2.05, 4.69) is 54.9 Å². The number of aryl methyl sites for hydroxylation is 1. The van der Waals surface area contributed by atoms with Crippen molar-refractivity contribution in [3.05, 3.63) is 101 Å². The second-order valence-corrected chi connectivity index (χ2v) is 17.6. The summed E-state index contributed by atoms with van der Waals surface area (Å²) in [5.74, 6) is 0.606. The number of carbonyl (C=O) groups excluding carboxylic acids is 2. The molecule has 0 spiro atoms. The van der Waals surface area contributed by atoms with E-state index in [4.69, 9.17) is 30.5 Å². The van der Waals surface area contributed by atoms with Crippen LogP contribution in [0.1, 0.15) is 66.9 Å². The first kappa shape index (κ1) is 43.6. The number of H-pyrrole nitrogens is 1. The Morgan fingerprint density at radius 3 is 2.62 bits per heavy atom. The molecule has 4 atom stereocenters. The number of carbonyl (C=O) groups is 2. The standard InChI is InChI=1S/C49H54ClN7O7/c1-29(2)48(60)57-25-30(3)43-36(23-51-24-39(43)57)33-10-11-34-26-56(19-16-32(34)21-33)18-8-6-4-5-7-9-42(59)52-17-20-61-35-14-12-31(13-15-35)44-37(50)22-38-47(54-44)55-49(53-38)64-41-28-63-45-40(58)27-62-46(41)45/h10-15,21-25,40-41,45-46,58H,1,4-9,16-20,26-28H2,2-3H3,(H,52,59)(H,53,54,55)/t40-,41-,45-,46-/m1/s1. The number of hydrogen-bond donors (Lipinski definition) is 3. The summed E-state index contributed by atoms with van der Waals surface area (Å²) in [5, 5.41) is 14.5. The Morgan fingerprint density at radius 1 is 0.984 bits per heavy atom. The maximum absolute atomic E-state index is 12.8. The first-order valence-corrected chi connectivity index (χ1v) is 22.6. The number of rotatable bonds is 17. The van der Waals surface area contributed by atoms with Crippen molar-refractivity contribution in [3.63, 3.8) is 0 Å². The van der Waals surface area contributed by atoms with Gasteiger partial charge in [0.25, 0.3) is 11.9 Å². The molecule has 64 heavy (non-hydrogen) atoms. The fourth-order valence-corrected chi connectivity index (χ4v) is 9.35. The number of hydrogen-bond acceptors (Lipinski definition) is 11. The van der Waals surface area contributed by atoms with Crippen molar-refractivity contribution in [1.29, 1.82) is 0 Å². The Morgan fingerprint density at radius 2 is 1.78 bits per heavy atom. The topological polar surface area (TPSA) is 166 Å². The normalized spacial score (nSPS) is 19.5. The van der Waals surface area contributed by atoms with Crippen LogP contribution in [-0.2, 0) is 27.2 Å². The average Bonchev–Trinajstić information content (AvgIpc) is 4.08. The fourth-order valence-electron chi connectivity index (χ4n) is 9.09. The molecule has 2 fully saturated rings. The van der Waals surface area contributed by atoms with Crippen LogP contribution in [0.3, 0.4) is 0 Å². The van der Waals surface area contributed by atoms with E-state index in [1.807, 2.05) is 43.6 Å². The van der Waals surface area contributed by atoms with Gasteiger partial charge in [-0.2, -0.15) is 4.98 Å². The molecule has 3 aliphatic heterocycles. The number of aromatic nitrogens is 5. The van der Waals surface area contributed by atoms with Crippen molar-refractivity contribution in [2.75, 3.05) is 39.5 Å². The van der Waals surface area contributed by atoms with Crippen LogP contribution in [0, 0.1) is 6.92 Å². The number of unbranched alkanes of at least 4 members (excludes halogenated alkanes) is 4. The first-order chi connectivity index (χ1) is 31.1. The maximum atomic E-state index is 12.8. The third-order valence-electron chi connectivity index (χ3n) is 12.4. The molecule has 7 heterocycles. The number of benzene rings is 2. The molecule has 2 saturated heterocycles. The molecule has 1 amide bonds. The molecule has 0 radical (unpaired) electrons. The summed E-state index contributed by atoms with van der Waals surface area (Å²) in [6, 6.07) is 16.3. The maximum Gasteiger partial charge on any atom is 0.296 e. The minimum absolute atomic E-state index is 0.0444. The smallest absolute Gasteiger partial charge is 0.296 e. The summed E-state index contributed by atoms with van der Waals surface area (Å²) in [4.78, 5) is 44.6. The SMILES string of the molecule is C=C(C)C(=O)n1cc(C)c2c(-c3ccc4c(c3)CCN(CCCCCCCC(=O)NCCOc3ccc(-c5nc6nc(O[C@@H]7CO[C@H]8[C@@H]7OC[C@H]8O)[nH]c6cc5Cl)cc3)C4)cncc21. The van der Waals surface area contributed by atoms with E-state index in [0.717, 1.165) is 91.3 Å². The Hall–Kier alpha value is -5.64. The summed E-state index contributed by atoms with van der Waals surface area (Å²) in [6.45, 7) is 12.0. The van der Waals surface area contributed by atoms with E-state index in [-0.39, 0.29) is 30.5 Å². The Bertz CT molecular complexity index is 2680. The monoisotopic (exact) mass is 887 g/mol. The third-order valence-corrected chi connectivity index (χ3v) is 12.7. The van der Waals surface area contributed by atoms with Crippen LogP contribution >= 0.6 is 11.6 Å². The van der Waals surface area contributed by atoms with Crippen molar-refractivity contribution >= 4 is 45.5 Å². The number of halogens is 1. The molecule has 0 unspecified atom stereocenters. The van der Waals surface area contributed by atoms with Crippen molar-refractivity contribution in [1.82, 2.24) is 34.7 Å². The Balaban J connectivity index is 0.650. The molecule has 2 aromatic carbocycles. The van der Waals surface area contributed by atoms with E-state index in [9.17, 15) is 14.7 Å². The van der Waals surface area contributed by atoms with Gasteiger partial charge in [-0.15, -0.1) is 0 Å². The summed E-state index contributed by atoms with van der Waals surface area (Å²) in [5.41, 5.74) is 9.74. The molecule has 334 valence electrons. The Labute approximate surface area is 376 Å². The molecule has 9 rings (SSSR count). The second kappa shape index (κ2) is 19.2. The van der Waals surface area contributed by atoms with Crippen LogP contribution in [0.25, 0.3) is 44.5 Å². The van der Waals surface area contributed by atoms with Gasteiger partial charge in [-0.1, -0.05) is 55.6 Å². The quantitative estimate of drug-likeness (QED) is 0.0610. The van der Waals surface area contributed by atoms with Crippen molar-refractivity contribution < 1.29 is 33.6 Å². The third kappa shape index (κ3) is 9.43. The number of aliphatic hydroxyl groups excluding tert-OH is 1. The number of aliphatic hydroxyl groups is 1. The number of fused-ring (bicyclic) bond motifs is 4. The average molecular weight is 888 g/mol. The van der Waals surface area contributed by atoms with Crippen LogP contribution in [0.4, 0.5) is 0 Å². The minimum atomic E-state index is -0.659. The fraction of sp³-hybridized carbons (Fsp3) is 0.408. The van der Waals surface area contributed by atoms with Crippen LogP contribution in [0.2, 0.25) is 5.02 Å². The summed E-state index contributed by atoms with van der Waals surface area (Å²) in [6.07, 6.45) is 10.6. The summed E-state index contributed by atoms with van der Waals surface area (Å²) >= 11 is 6.63. The highest BCUT2D eigenvalue weighted by atomic mass is 35.5. The lowest BCUT2D eigenvalue weighted by Crippen LogP contribution is -2.34. The number of allylic oxidation sites excluding steroid dienone is 1. The van der Waals surface area contributed by atoms with Gasteiger partial charge in [0.05, 0.1) is 47.7 Å². The summed E-state index contributed by atoms with van der Waals surface area (Å²) < 4.78 is 24.9. The van der Waals surface area contributed by atoms with E-state index >= 15 is 0 Å². The lowest BCUT2D eigenvalue weighted by Gasteiger charge is -2.29. The molecule has 0 bridgehead atoms. The molecular formula is C49H54ClN7O7. The predicted molar refractivity (Wildman–Crippen MR) is 245 cm³/mol. The molecule has 4 aromatic heterocycles. The molecule has 3 N–H and O–H groups in total. The van der Waals surface area contributed by atoms with Gasteiger partial charge in [-0.05, 0) is 92.2 Å². The largest absolute Gasteiger partial charge is 0.492 e. The van der Waals surface area contributed by atoms with Gasteiger partial charge >= 0.3 is 0 Å². The van der Waals surface area contributed by atoms with Crippen molar-refractivity contribution in [3.8, 4) is 34.1 Å². The van der Waals surface area contributed by atoms with Crippen LogP contribution in [0.5, 0.6) is 11.8 Å². The lowest BCUT2D eigenvalue weighted by atomic mass is 9.93.